The zero-order valence-corrected chi connectivity index (χ0v) is 15.3. The van der Waals surface area contributed by atoms with Crippen molar-refractivity contribution in [2.45, 2.75) is 44.1 Å². The topological polar surface area (TPSA) is 119 Å². The summed E-state index contributed by atoms with van der Waals surface area (Å²) in [4.78, 5) is 17.3. The number of nitrogens with zero attached hydrogens (tertiary/aromatic N) is 1. The average molecular weight is 368 g/mol. The minimum absolute atomic E-state index is 0.0466. The van der Waals surface area contributed by atoms with Crippen molar-refractivity contribution in [3.05, 3.63) is 16.5 Å². The zero-order chi connectivity index (χ0) is 18.1. The summed E-state index contributed by atoms with van der Waals surface area (Å²) in [6.07, 6.45) is 7.33. The number of H-pyrrole nitrogens is 1. The summed E-state index contributed by atoms with van der Waals surface area (Å²) in [5.41, 5.74) is 12.8. The molecule has 26 heavy (non-hydrogen) atoms. The van der Waals surface area contributed by atoms with Gasteiger partial charge in [-0.3, -0.25) is 10.5 Å². The van der Waals surface area contributed by atoms with Gasteiger partial charge < -0.3 is 11.1 Å². The van der Waals surface area contributed by atoms with Gasteiger partial charge >= 0.3 is 0 Å². The van der Waals surface area contributed by atoms with E-state index >= 15 is 0 Å². The third-order valence-electron chi connectivity index (χ3n) is 6.55. The monoisotopic (exact) mass is 368 g/mol. The van der Waals surface area contributed by atoms with Gasteiger partial charge in [0.1, 0.15) is 16.5 Å². The summed E-state index contributed by atoms with van der Waals surface area (Å²) in [6, 6.07) is 3.71. The quantitative estimate of drug-likeness (QED) is 0.754. The highest BCUT2D eigenvalue weighted by molar-refractivity contribution is 7.20. The summed E-state index contributed by atoms with van der Waals surface area (Å²) in [6.45, 7) is 0. The number of thiophene rings is 1. The first-order valence-corrected chi connectivity index (χ1v) is 10.0. The molecule has 4 aliphatic rings. The van der Waals surface area contributed by atoms with E-state index < -0.39 is 0 Å². The Morgan fingerprint density at radius 1 is 1.23 bits per heavy atom. The number of rotatable bonds is 2. The molecule has 6 nitrogen and oxygen atoms in total. The molecule has 4 fully saturated rings. The minimum atomic E-state index is -0.0869. The van der Waals surface area contributed by atoms with Crippen LogP contribution in [0.4, 0.5) is 11.5 Å². The van der Waals surface area contributed by atoms with Gasteiger partial charge in [-0.15, -0.1) is 0 Å². The van der Waals surface area contributed by atoms with Gasteiger partial charge in [-0.25, -0.2) is 4.98 Å². The Kier molecular flexibility index (Phi) is 3.26. The number of fused-ring (bicyclic) bond motifs is 1. The van der Waals surface area contributed by atoms with Crippen LogP contribution in [0.25, 0.3) is 10.2 Å². The number of anilines is 2. The van der Waals surface area contributed by atoms with E-state index in [1.807, 2.05) is 6.07 Å². The number of aromatic nitrogens is 1. The standard InChI is InChI=1S/C19H21N5OS/c20-8-12-4-13-14(21)15(26-18(13)23-16(12)22)17(25)24-19-5-9-1-10(6-19)3-11(2-9)7-19/h4,9-11H,1-3,5-7,21H2,(H2,22,23)(H,24,25)/p+1. The lowest BCUT2D eigenvalue weighted by Crippen LogP contribution is -2.59. The lowest BCUT2D eigenvalue weighted by Gasteiger charge is -2.56. The van der Waals surface area contributed by atoms with Crippen molar-refractivity contribution in [1.29, 1.82) is 5.26 Å². The molecule has 2 aromatic heterocycles. The van der Waals surface area contributed by atoms with Crippen molar-refractivity contribution in [3.63, 3.8) is 0 Å². The number of nitrogen functional groups attached to an aromatic ring is 2. The summed E-state index contributed by atoms with van der Waals surface area (Å²) in [5, 5.41) is 13.2. The van der Waals surface area contributed by atoms with E-state index in [0.29, 0.717) is 27.3 Å². The molecule has 134 valence electrons. The van der Waals surface area contributed by atoms with Crippen LogP contribution in [0.2, 0.25) is 0 Å². The fourth-order valence-electron chi connectivity index (χ4n) is 5.93. The van der Waals surface area contributed by atoms with Gasteiger partial charge in [0.2, 0.25) is 0 Å². The molecule has 0 spiro atoms. The maximum atomic E-state index is 13.1. The Labute approximate surface area is 155 Å². The number of carbonyl (C=O) groups is 1. The lowest BCUT2D eigenvalue weighted by atomic mass is 9.53. The van der Waals surface area contributed by atoms with Crippen LogP contribution in [0.15, 0.2) is 6.07 Å². The molecule has 6 rings (SSSR count). The highest BCUT2D eigenvalue weighted by Gasteiger charge is 2.51. The number of nitrogens with one attached hydrogen (secondary N) is 2. The summed E-state index contributed by atoms with van der Waals surface area (Å²) >= 11 is 1.31. The fourth-order valence-corrected chi connectivity index (χ4v) is 6.93. The van der Waals surface area contributed by atoms with Crippen LogP contribution in [-0.4, -0.2) is 11.4 Å². The highest BCUT2D eigenvalue weighted by atomic mass is 32.1. The van der Waals surface area contributed by atoms with Crippen molar-refractivity contribution >= 4 is 39.0 Å². The first kappa shape index (κ1) is 15.9. The normalized spacial score (nSPS) is 31.9. The molecule has 4 bridgehead atoms. The van der Waals surface area contributed by atoms with Gasteiger partial charge in [0.05, 0.1) is 11.1 Å². The number of aromatic amines is 1. The van der Waals surface area contributed by atoms with Crippen molar-refractivity contribution in [2.75, 3.05) is 11.5 Å². The van der Waals surface area contributed by atoms with E-state index in [2.05, 4.69) is 10.3 Å². The number of nitriles is 1. The Bertz CT molecular complexity index is 937. The first-order valence-electron chi connectivity index (χ1n) is 9.23. The van der Waals surface area contributed by atoms with E-state index in [1.165, 1.54) is 30.6 Å². The van der Waals surface area contributed by atoms with Crippen LogP contribution in [0.3, 0.4) is 0 Å². The van der Waals surface area contributed by atoms with Gasteiger partial charge in [0, 0.05) is 5.54 Å². The maximum Gasteiger partial charge on any atom is 0.289 e. The zero-order valence-electron chi connectivity index (χ0n) is 14.5. The van der Waals surface area contributed by atoms with Gasteiger partial charge in [-0.05, 0) is 62.3 Å². The summed E-state index contributed by atoms with van der Waals surface area (Å²) < 4.78 is 0. The fraction of sp³-hybridized carbons (Fsp3) is 0.526. The Hall–Kier alpha value is -2.33. The van der Waals surface area contributed by atoms with Crippen LogP contribution in [0.1, 0.15) is 53.8 Å². The predicted octanol–water partition coefficient (Wildman–Crippen LogP) is 2.45. The van der Waals surface area contributed by atoms with Crippen LogP contribution >= 0.6 is 11.3 Å². The molecule has 0 saturated heterocycles. The summed E-state index contributed by atoms with van der Waals surface area (Å²) in [7, 11) is 0. The van der Waals surface area contributed by atoms with E-state index in [4.69, 9.17) is 16.7 Å². The molecular formula is C19H22N5OS+. The molecule has 2 heterocycles. The molecule has 0 unspecified atom stereocenters. The maximum absolute atomic E-state index is 13.1. The molecule has 4 aliphatic carbocycles. The van der Waals surface area contributed by atoms with Crippen molar-refractivity contribution in [1.82, 2.24) is 5.32 Å². The highest BCUT2D eigenvalue weighted by Crippen LogP contribution is 2.55. The number of nitrogens with two attached hydrogens (primary N) is 2. The second-order valence-corrected chi connectivity index (χ2v) is 9.47. The van der Waals surface area contributed by atoms with Gasteiger partial charge in [-0.1, -0.05) is 11.3 Å². The third-order valence-corrected chi connectivity index (χ3v) is 7.69. The molecule has 6 N–H and O–H groups in total. The van der Waals surface area contributed by atoms with E-state index in [1.54, 1.807) is 6.07 Å². The Morgan fingerprint density at radius 3 is 2.42 bits per heavy atom. The van der Waals surface area contributed by atoms with E-state index in [9.17, 15) is 4.79 Å². The Morgan fingerprint density at radius 2 is 1.85 bits per heavy atom. The van der Waals surface area contributed by atoms with Crippen molar-refractivity contribution in [2.24, 2.45) is 17.8 Å². The van der Waals surface area contributed by atoms with Crippen LogP contribution in [0, 0.1) is 29.1 Å². The van der Waals surface area contributed by atoms with Crippen LogP contribution in [-0.2, 0) is 0 Å². The molecule has 7 heteroatoms. The van der Waals surface area contributed by atoms with Gasteiger partial charge in [-0.2, -0.15) is 5.26 Å². The van der Waals surface area contributed by atoms with Crippen LogP contribution < -0.4 is 21.8 Å². The van der Waals surface area contributed by atoms with E-state index in [0.717, 1.165) is 41.8 Å². The third kappa shape index (κ3) is 2.28. The van der Waals surface area contributed by atoms with Crippen molar-refractivity contribution < 1.29 is 9.78 Å². The lowest BCUT2D eigenvalue weighted by molar-refractivity contribution is -0.323. The smallest absolute Gasteiger partial charge is 0.289 e. The molecule has 0 aromatic carbocycles. The largest absolute Gasteiger partial charge is 0.397 e. The molecule has 1 amide bonds. The Balaban J connectivity index is 1.48. The number of hydrogen-bond donors (Lipinski definition) is 3. The molecule has 0 radical (unpaired) electrons. The van der Waals surface area contributed by atoms with Crippen LogP contribution in [0.5, 0.6) is 0 Å². The average Bonchev–Trinajstić information content (AvgIpc) is 2.88. The molecule has 0 atom stereocenters. The minimum Gasteiger partial charge on any atom is -0.397 e. The molecule has 0 aliphatic heterocycles. The predicted molar refractivity (Wildman–Crippen MR) is 100 cm³/mol. The second kappa shape index (κ2) is 5.34. The molecular weight excluding hydrogens is 346 g/mol. The number of carbonyl (C=O) groups excluding carboxylic acids is 1. The summed E-state index contributed by atoms with van der Waals surface area (Å²) in [5.74, 6) is 2.53. The van der Waals surface area contributed by atoms with Gasteiger partial charge in [0.25, 0.3) is 11.7 Å². The van der Waals surface area contributed by atoms with Crippen molar-refractivity contribution in [3.8, 4) is 6.07 Å². The SMILES string of the molecule is N#Cc1cc2c(N)c(C(=O)NC34CC5CC(CC(C5)C3)C4)sc2[nH+]c1N. The number of amides is 1. The molecule has 4 saturated carbocycles. The van der Waals surface area contributed by atoms with E-state index in [-0.39, 0.29) is 11.4 Å². The number of hydrogen-bond acceptors (Lipinski definition) is 5. The number of pyridine rings is 1. The first-order chi connectivity index (χ1) is 12.5. The van der Waals surface area contributed by atoms with Gasteiger partial charge in [0.15, 0.2) is 4.83 Å². The second-order valence-electron chi connectivity index (χ2n) is 8.45. The molecule has 2 aromatic rings.